The van der Waals surface area contributed by atoms with Crippen molar-refractivity contribution in [3.05, 3.63) is 28.6 Å². The molecule has 11 heteroatoms. The van der Waals surface area contributed by atoms with E-state index in [1.807, 2.05) is 0 Å². The number of halogens is 1. The Labute approximate surface area is 256 Å². The first-order valence-corrected chi connectivity index (χ1v) is 15.8. The molecule has 238 valence electrons. The fourth-order valence-electron chi connectivity index (χ4n) is 8.69. The molecule has 0 radical (unpaired) electrons. The quantitative estimate of drug-likeness (QED) is 0.354. The number of phenols is 1. The molecule has 1 amide bonds. The Morgan fingerprint density at radius 2 is 1.82 bits per heavy atom. The van der Waals surface area contributed by atoms with Gasteiger partial charge in [-0.15, -0.1) is 0 Å². The number of nitrogens with two attached hydrogens (primary N) is 1. The van der Waals surface area contributed by atoms with E-state index in [0.717, 1.165) is 45.2 Å². The Bertz CT molecular complexity index is 1450. The lowest BCUT2D eigenvalue weighted by atomic mass is 9.52. The monoisotopic (exact) mass is 611 g/mol. The summed E-state index contributed by atoms with van der Waals surface area (Å²) in [6, 6.07) is 0.0705. The molecule has 4 fully saturated rings. The number of likely N-dealkylation sites (N-methyl/N-ethyl adjacent to an activating group) is 1. The highest BCUT2D eigenvalue weighted by Crippen LogP contribution is 2.51. The Kier molecular flexibility index (Phi) is 7.61. The third-order valence-electron chi connectivity index (χ3n) is 11.4. The van der Waals surface area contributed by atoms with Gasteiger partial charge in [0.2, 0.25) is 5.91 Å². The van der Waals surface area contributed by atoms with Crippen molar-refractivity contribution < 1.29 is 38.6 Å². The van der Waals surface area contributed by atoms with Crippen molar-refractivity contribution in [3.63, 3.8) is 0 Å². The highest BCUT2D eigenvalue weighted by molar-refractivity contribution is 6.32. The van der Waals surface area contributed by atoms with E-state index in [2.05, 4.69) is 11.8 Å². The first-order valence-electron chi connectivity index (χ1n) is 15.8. The number of ketones is 4. The number of fused-ring (bicyclic) bond motifs is 3. The largest absolute Gasteiger partial charge is 0.507 e. The lowest BCUT2D eigenvalue weighted by Gasteiger charge is -2.52. The first-order chi connectivity index (χ1) is 20.7. The van der Waals surface area contributed by atoms with Crippen LogP contribution in [0.15, 0.2) is 6.07 Å². The highest BCUT2D eigenvalue weighted by Gasteiger charge is 2.69. The number of Topliss-reactive ketones (excluding diaryl/α,β-unsaturated/α-hetero) is 4. The minimum Gasteiger partial charge on any atom is -0.507 e. The van der Waals surface area contributed by atoms with Crippen molar-refractivity contribution in [3.8, 4) is 5.75 Å². The second-order valence-electron chi connectivity index (χ2n) is 14.3. The number of rotatable bonds is 9. The average Bonchev–Trinajstić information content (AvgIpc) is 3.74. The number of nitrogens with zero attached hydrogens (tertiary/aromatic N) is 2. The summed E-state index contributed by atoms with van der Waals surface area (Å²) >= 11 is 0. The van der Waals surface area contributed by atoms with Gasteiger partial charge >= 0.3 is 0 Å². The number of benzene rings is 1. The predicted molar refractivity (Wildman–Crippen MR) is 156 cm³/mol. The Balaban J connectivity index is 1.35. The number of phenolic OH excluding ortho intramolecular Hbond substituents is 1. The Morgan fingerprint density at radius 1 is 1.14 bits per heavy atom. The van der Waals surface area contributed by atoms with Gasteiger partial charge in [-0.1, -0.05) is 13.3 Å². The summed E-state index contributed by atoms with van der Waals surface area (Å²) in [5.74, 6) is -11.5. The summed E-state index contributed by atoms with van der Waals surface area (Å²) in [4.78, 5) is 70.3. The van der Waals surface area contributed by atoms with Gasteiger partial charge in [0, 0.05) is 36.7 Å². The van der Waals surface area contributed by atoms with E-state index in [-0.39, 0.29) is 41.5 Å². The SMILES string of the molecule is CCC1(CN(Cc2cc(O)c3c(c2F)C[C@H]2C[C@H]4[C@H](N(C)C)C(=O)C(C(N)=O)C(=O)[C@@]4(O)C(=O)C2C3=O)CC2CC2)CCC1. The number of carbonyl (C=O) groups is 5. The number of aromatic hydroxyl groups is 1. The third kappa shape index (κ3) is 4.65. The molecule has 0 saturated heterocycles. The molecule has 0 heterocycles. The van der Waals surface area contributed by atoms with Gasteiger partial charge in [-0.05, 0) is 82.4 Å². The number of carbonyl (C=O) groups excluding carboxylic acids is 5. The van der Waals surface area contributed by atoms with Crippen LogP contribution in [0.4, 0.5) is 4.39 Å². The fraction of sp³-hybridized carbons (Fsp3) is 0.667. The van der Waals surface area contributed by atoms with Gasteiger partial charge < -0.3 is 15.9 Å². The zero-order valence-corrected chi connectivity index (χ0v) is 25.6. The van der Waals surface area contributed by atoms with Crippen LogP contribution < -0.4 is 5.73 Å². The molecule has 1 aromatic carbocycles. The summed E-state index contributed by atoms with van der Waals surface area (Å²) in [5.41, 5.74) is 2.78. The van der Waals surface area contributed by atoms with Crippen molar-refractivity contribution >= 4 is 29.0 Å². The number of hydrogen-bond acceptors (Lipinski definition) is 9. The summed E-state index contributed by atoms with van der Waals surface area (Å²) in [6.07, 6.45) is 6.61. The average molecular weight is 612 g/mol. The smallest absolute Gasteiger partial charge is 0.235 e. The molecule has 0 aromatic heterocycles. The molecular weight excluding hydrogens is 569 g/mol. The van der Waals surface area contributed by atoms with E-state index < -0.39 is 75.9 Å². The maximum absolute atomic E-state index is 16.4. The van der Waals surface area contributed by atoms with Crippen molar-refractivity contribution in [2.24, 2.45) is 40.7 Å². The minimum atomic E-state index is -2.80. The van der Waals surface area contributed by atoms with Crippen LogP contribution in [0.5, 0.6) is 5.75 Å². The molecule has 4 saturated carbocycles. The minimum absolute atomic E-state index is 0.0228. The zero-order chi connectivity index (χ0) is 31.9. The van der Waals surface area contributed by atoms with E-state index >= 15 is 4.39 Å². The van der Waals surface area contributed by atoms with Gasteiger partial charge in [-0.3, -0.25) is 33.8 Å². The maximum Gasteiger partial charge on any atom is 0.235 e. The van der Waals surface area contributed by atoms with Gasteiger partial charge in [0.05, 0.1) is 17.5 Å². The molecule has 2 unspecified atom stereocenters. The highest BCUT2D eigenvalue weighted by atomic mass is 19.1. The number of amides is 1. The molecular formula is C33H42FN3O7. The first kappa shape index (κ1) is 31.0. The maximum atomic E-state index is 16.4. The van der Waals surface area contributed by atoms with Crippen molar-refractivity contribution in [2.75, 3.05) is 27.2 Å². The molecule has 1 aromatic rings. The van der Waals surface area contributed by atoms with Gasteiger partial charge in [-0.2, -0.15) is 0 Å². The molecule has 5 aliphatic rings. The Hall–Kier alpha value is -3.02. The van der Waals surface area contributed by atoms with Crippen LogP contribution in [0.2, 0.25) is 0 Å². The van der Waals surface area contributed by atoms with E-state index in [4.69, 9.17) is 5.73 Å². The van der Waals surface area contributed by atoms with Crippen LogP contribution in [0.25, 0.3) is 0 Å². The molecule has 6 atom stereocenters. The second-order valence-corrected chi connectivity index (χ2v) is 14.3. The molecule has 0 spiro atoms. The van der Waals surface area contributed by atoms with E-state index in [0.29, 0.717) is 5.92 Å². The van der Waals surface area contributed by atoms with Crippen LogP contribution in [0.1, 0.15) is 73.4 Å². The van der Waals surface area contributed by atoms with Crippen LogP contribution in [0, 0.1) is 40.8 Å². The summed E-state index contributed by atoms with van der Waals surface area (Å²) < 4.78 is 16.4. The molecule has 44 heavy (non-hydrogen) atoms. The topological polar surface area (TPSA) is 158 Å². The zero-order valence-electron chi connectivity index (χ0n) is 25.6. The summed E-state index contributed by atoms with van der Waals surface area (Å²) in [5, 5.41) is 22.8. The second kappa shape index (κ2) is 10.8. The van der Waals surface area contributed by atoms with Crippen molar-refractivity contribution in [2.45, 2.75) is 76.5 Å². The third-order valence-corrected chi connectivity index (χ3v) is 11.4. The fourth-order valence-corrected chi connectivity index (χ4v) is 8.69. The number of aliphatic hydroxyl groups is 1. The van der Waals surface area contributed by atoms with Gasteiger partial charge in [-0.25, -0.2) is 4.39 Å². The lowest BCUT2D eigenvalue weighted by Crippen LogP contribution is -2.74. The van der Waals surface area contributed by atoms with Crippen molar-refractivity contribution in [1.82, 2.24) is 9.80 Å². The van der Waals surface area contributed by atoms with Crippen LogP contribution in [-0.4, -0.2) is 87.9 Å². The lowest BCUT2D eigenvalue weighted by molar-refractivity contribution is -0.181. The van der Waals surface area contributed by atoms with Gasteiger partial charge in [0.15, 0.2) is 34.7 Å². The summed E-state index contributed by atoms with van der Waals surface area (Å²) in [7, 11) is 3.05. The van der Waals surface area contributed by atoms with Gasteiger partial charge in [0.25, 0.3) is 0 Å². The van der Waals surface area contributed by atoms with Crippen LogP contribution in [0.3, 0.4) is 0 Å². The van der Waals surface area contributed by atoms with E-state index in [1.54, 1.807) is 0 Å². The predicted octanol–water partition coefficient (Wildman–Crippen LogP) is 1.80. The molecule has 4 N–H and O–H groups in total. The molecule has 10 nitrogen and oxygen atoms in total. The molecule has 0 bridgehead atoms. The van der Waals surface area contributed by atoms with Gasteiger partial charge in [0.1, 0.15) is 11.6 Å². The number of primary amides is 1. The molecule has 6 rings (SSSR count). The normalized spacial score (nSPS) is 32.8. The van der Waals surface area contributed by atoms with E-state index in [1.165, 1.54) is 31.5 Å². The molecule has 5 aliphatic carbocycles. The number of hydrogen-bond donors (Lipinski definition) is 3. The Morgan fingerprint density at radius 3 is 2.36 bits per heavy atom. The standard InChI is InChI=1S/C33H42FN3O7/c1-4-32(8-5-9-32)15-37(13-16-6-7-16)14-18-12-21(38)23-19(25(18)34)10-17-11-20-26(36(2)3)28(40)24(31(35)43)30(42)33(20,44)29(41)22(17)27(23)39/h12,16-17,20,22,24,26,38,44H,4-11,13-15H2,1-3H3,(H2,35,43)/t17-,20-,22?,24?,26-,33-/m0/s1. The molecule has 0 aliphatic heterocycles. The van der Waals surface area contributed by atoms with Crippen LogP contribution >= 0.6 is 0 Å². The van der Waals surface area contributed by atoms with Crippen LogP contribution in [-0.2, 0) is 32.1 Å². The van der Waals surface area contributed by atoms with E-state index in [9.17, 15) is 34.2 Å². The summed E-state index contributed by atoms with van der Waals surface area (Å²) in [6.45, 7) is 4.17. The van der Waals surface area contributed by atoms with Crippen molar-refractivity contribution in [1.29, 1.82) is 0 Å².